The maximum Gasteiger partial charge on any atom is 0.471 e. The fraction of sp³-hybridized carbons (Fsp3) is 0.725. The second-order valence-electron chi connectivity index (χ2n) is 16.3. The Kier molecular flexibility index (Phi) is 19.3. The molecule has 19 heteroatoms. The number of carbonyl (C=O) groups excluding carboxylic acids is 5. The van der Waals surface area contributed by atoms with Crippen molar-refractivity contribution in [1.82, 2.24) is 30.1 Å². The molecule has 2 rings (SSSR count). The Morgan fingerprint density at radius 3 is 1.98 bits per heavy atom. The van der Waals surface area contributed by atoms with E-state index in [-0.39, 0.29) is 52.4 Å². The highest BCUT2D eigenvalue weighted by atomic mass is 32.2. The van der Waals surface area contributed by atoms with Gasteiger partial charge in [0.15, 0.2) is 0 Å². The average molecular weight is 863 g/mol. The Labute approximate surface area is 347 Å². The van der Waals surface area contributed by atoms with E-state index in [1.54, 1.807) is 22.2 Å². The van der Waals surface area contributed by atoms with Crippen LogP contribution in [-0.4, -0.2) is 137 Å². The topological polar surface area (TPSA) is 184 Å². The van der Waals surface area contributed by atoms with E-state index < -0.39 is 76.9 Å². The molecule has 0 aliphatic carbocycles. The highest BCUT2D eigenvalue weighted by Crippen LogP contribution is 2.30. The summed E-state index contributed by atoms with van der Waals surface area (Å²) < 4.78 is 77.6. The zero-order chi connectivity index (χ0) is 45.2. The van der Waals surface area contributed by atoms with E-state index in [4.69, 9.17) is 9.47 Å². The molecule has 1 heterocycles. The third kappa shape index (κ3) is 13.6. The number of amides is 5. The van der Waals surface area contributed by atoms with Gasteiger partial charge in [0.1, 0.15) is 6.04 Å². The van der Waals surface area contributed by atoms with Crippen LogP contribution in [0.1, 0.15) is 79.7 Å². The summed E-state index contributed by atoms with van der Waals surface area (Å²) in [6, 6.07) is 2.15. The molecule has 336 valence electrons. The van der Waals surface area contributed by atoms with Crippen LogP contribution in [0.2, 0.25) is 0 Å². The number of carbonyl (C=O) groups is 5. The first kappa shape index (κ1) is 51.3. The minimum absolute atomic E-state index is 0.00621. The lowest BCUT2D eigenvalue weighted by Crippen LogP contribution is -2.59. The number of benzene rings is 1. The zero-order valence-electron chi connectivity index (χ0n) is 36.4. The number of hydrogen-bond acceptors (Lipinski definition) is 10. The average Bonchev–Trinajstić information content (AvgIpc) is 3.64. The van der Waals surface area contributed by atoms with E-state index in [9.17, 15) is 45.6 Å². The first-order valence-electron chi connectivity index (χ1n) is 19.9. The van der Waals surface area contributed by atoms with E-state index in [0.717, 1.165) is 12.1 Å². The lowest BCUT2D eigenvalue weighted by atomic mass is 9.89. The molecule has 0 radical (unpaired) electrons. The van der Waals surface area contributed by atoms with Crippen molar-refractivity contribution in [2.75, 3.05) is 41.9 Å². The fourth-order valence-corrected chi connectivity index (χ4v) is 8.83. The van der Waals surface area contributed by atoms with E-state index in [1.165, 1.54) is 33.3 Å². The molecule has 1 saturated heterocycles. The highest BCUT2D eigenvalue weighted by Gasteiger charge is 2.44. The van der Waals surface area contributed by atoms with E-state index in [1.807, 2.05) is 65.3 Å². The number of nitrogens with zero attached hydrogens (tertiary/aromatic N) is 3. The molecular weight excluding hydrogens is 798 g/mol. The van der Waals surface area contributed by atoms with Gasteiger partial charge in [-0.15, -0.1) is 0 Å². The van der Waals surface area contributed by atoms with Crippen LogP contribution in [-0.2, 0) is 50.0 Å². The SMILES string of the molecule is CC[C@H](C)[C@@H]([C@H](CC(=O)N1CCC[C@H]1[C@H](OC)[C@@H](C)C(=O)NS(=O)(=O)c1ccc(CNC(=O)C(F)(F)F)cc1)OC)N(C)C(=O)[C@@H](NC(=O)[C@H](C(C)C)N(C)C)C(C)C. The van der Waals surface area contributed by atoms with Gasteiger partial charge >= 0.3 is 12.1 Å². The number of nitrogens with one attached hydrogen (secondary N) is 3. The first-order valence-corrected chi connectivity index (χ1v) is 21.4. The normalized spacial score (nSPS) is 18.5. The third-order valence-corrected chi connectivity index (χ3v) is 12.5. The lowest BCUT2D eigenvalue weighted by Gasteiger charge is -2.41. The molecular formula is C40H65F3N6O9S. The fourth-order valence-electron chi connectivity index (χ4n) is 7.76. The van der Waals surface area contributed by atoms with Crippen LogP contribution < -0.4 is 15.4 Å². The Morgan fingerprint density at radius 2 is 1.51 bits per heavy atom. The van der Waals surface area contributed by atoms with Gasteiger partial charge in [-0.25, -0.2) is 13.1 Å². The number of likely N-dealkylation sites (tertiary alicyclic amines) is 1. The summed E-state index contributed by atoms with van der Waals surface area (Å²) in [6.45, 7) is 12.9. The number of methoxy groups -OCH3 is 2. The molecule has 3 N–H and O–H groups in total. The second kappa shape index (κ2) is 22.2. The molecule has 1 aromatic carbocycles. The van der Waals surface area contributed by atoms with Gasteiger partial charge in [-0.1, -0.05) is 67.0 Å². The largest absolute Gasteiger partial charge is 0.471 e. The van der Waals surface area contributed by atoms with Crippen molar-refractivity contribution < 1.29 is 55.0 Å². The summed E-state index contributed by atoms with van der Waals surface area (Å²) in [7, 11) is 3.69. The summed E-state index contributed by atoms with van der Waals surface area (Å²) in [5, 5.41) is 4.68. The van der Waals surface area contributed by atoms with Crippen molar-refractivity contribution in [3.8, 4) is 0 Å². The molecule has 15 nitrogen and oxygen atoms in total. The summed E-state index contributed by atoms with van der Waals surface area (Å²) >= 11 is 0. The van der Waals surface area contributed by atoms with Gasteiger partial charge in [-0.3, -0.25) is 28.9 Å². The number of sulfonamides is 1. The number of hydrogen-bond donors (Lipinski definition) is 3. The number of alkyl halides is 3. The van der Waals surface area contributed by atoms with Gasteiger partial charge in [-0.05, 0) is 62.4 Å². The van der Waals surface area contributed by atoms with Gasteiger partial charge in [0.2, 0.25) is 23.6 Å². The van der Waals surface area contributed by atoms with Gasteiger partial charge in [-0.2, -0.15) is 13.2 Å². The molecule has 1 aliphatic heterocycles. The maximum absolute atomic E-state index is 14.2. The van der Waals surface area contributed by atoms with Crippen LogP contribution in [0.15, 0.2) is 29.2 Å². The standard InChI is InChI=1S/C40H65F3N6O9S/c1-13-25(6)34(48(10)38(53)32(23(2)3)45-37(52)33(24(4)5)47(8)9)30(57-11)21-31(50)49-20-14-15-29(49)35(58-12)26(7)36(51)46-59(55,56)28-18-16-27(17-19-28)22-44-39(54)40(41,42)43/h16-19,23-26,29-30,32-35H,13-15,20-22H2,1-12H3,(H,44,54)(H,45,52)(H,46,51)/t25-,26+,29-,30-,32-,33-,34-,35+/m0/s1. The van der Waals surface area contributed by atoms with Crippen LogP contribution >= 0.6 is 0 Å². The number of ether oxygens (including phenoxy) is 2. The zero-order valence-corrected chi connectivity index (χ0v) is 37.2. The molecule has 59 heavy (non-hydrogen) atoms. The van der Waals surface area contributed by atoms with E-state index >= 15 is 0 Å². The van der Waals surface area contributed by atoms with Gasteiger partial charge in [0, 0.05) is 34.4 Å². The molecule has 0 unspecified atom stereocenters. The Balaban J connectivity index is 2.25. The van der Waals surface area contributed by atoms with Crippen molar-refractivity contribution in [2.24, 2.45) is 23.7 Å². The number of halogens is 3. The maximum atomic E-state index is 14.2. The van der Waals surface area contributed by atoms with Crippen LogP contribution in [0.5, 0.6) is 0 Å². The summed E-state index contributed by atoms with van der Waals surface area (Å²) in [5.41, 5.74) is 0.194. The van der Waals surface area contributed by atoms with Gasteiger partial charge in [0.05, 0.1) is 47.6 Å². The molecule has 1 fully saturated rings. The van der Waals surface area contributed by atoms with Gasteiger partial charge < -0.3 is 29.9 Å². The molecule has 0 aromatic heterocycles. The Bertz CT molecular complexity index is 1690. The molecule has 1 aliphatic rings. The van der Waals surface area contributed by atoms with Crippen molar-refractivity contribution in [3.63, 3.8) is 0 Å². The van der Waals surface area contributed by atoms with Crippen molar-refractivity contribution in [3.05, 3.63) is 29.8 Å². The van der Waals surface area contributed by atoms with Crippen molar-refractivity contribution in [1.29, 1.82) is 0 Å². The van der Waals surface area contributed by atoms with E-state index in [0.29, 0.717) is 25.8 Å². The minimum atomic E-state index is -5.07. The van der Waals surface area contributed by atoms with E-state index in [2.05, 4.69) is 5.32 Å². The Morgan fingerprint density at radius 1 is 0.915 bits per heavy atom. The predicted octanol–water partition coefficient (Wildman–Crippen LogP) is 3.32. The lowest BCUT2D eigenvalue weighted by molar-refractivity contribution is -0.173. The summed E-state index contributed by atoms with van der Waals surface area (Å²) in [6.07, 6.45) is -5.15. The predicted molar refractivity (Wildman–Crippen MR) is 215 cm³/mol. The molecule has 0 spiro atoms. The van der Waals surface area contributed by atoms with Crippen LogP contribution in [0.4, 0.5) is 13.2 Å². The summed E-state index contributed by atoms with van der Waals surface area (Å²) in [4.78, 5) is 71.0. The highest BCUT2D eigenvalue weighted by molar-refractivity contribution is 7.90. The van der Waals surface area contributed by atoms with Crippen molar-refractivity contribution in [2.45, 2.75) is 128 Å². The number of rotatable bonds is 21. The number of likely N-dealkylation sites (N-methyl/N-ethyl adjacent to an activating group) is 2. The van der Waals surface area contributed by atoms with Crippen LogP contribution in [0, 0.1) is 23.7 Å². The molecule has 1 aromatic rings. The monoisotopic (exact) mass is 862 g/mol. The van der Waals surface area contributed by atoms with Crippen LogP contribution in [0.3, 0.4) is 0 Å². The molecule has 0 saturated carbocycles. The van der Waals surface area contributed by atoms with Crippen molar-refractivity contribution >= 4 is 39.6 Å². The minimum Gasteiger partial charge on any atom is -0.379 e. The second-order valence-corrected chi connectivity index (χ2v) is 17.9. The Hall–Kier alpha value is -3.81. The third-order valence-electron chi connectivity index (χ3n) is 11.1. The first-order chi connectivity index (χ1) is 27.3. The smallest absolute Gasteiger partial charge is 0.379 e. The quantitative estimate of drug-likeness (QED) is 0.166. The summed E-state index contributed by atoms with van der Waals surface area (Å²) in [5.74, 6) is -5.35. The molecule has 5 amide bonds. The van der Waals surface area contributed by atoms with Gasteiger partial charge in [0.25, 0.3) is 10.0 Å². The molecule has 0 bridgehead atoms. The molecule has 8 atom stereocenters. The van der Waals surface area contributed by atoms with Crippen LogP contribution in [0.25, 0.3) is 0 Å².